The molecule has 0 unspecified atom stereocenters. The molecule has 0 saturated heterocycles. The molecule has 12 heteroatoms. The van der Waals surface area contributed by atoms with Gasteiger partial charge in [0.15, 0.2) is 9.87 Å². The maximum Gasteiger partial charge on any atom is 0.407 e. The summed E-state index contributed by atoms with van der Waals surface area (Å²) < 4.78 is 60.8. The molecule has 0 fully saturated rings. The monoisotopic (exact) mass is 422 g/mol. The average molecular weight is 424 g/mol. The number of diazo groups is 1. The summed E-state index contributed by atoms with van der Waals surface area (Å²) in [6.45, 7) is 0. The fraction of sp³-hybridized carbons (Fsp3) is 0. The van der Waals surface area contributed by atoms with E-state index in [1.54, 1.807) is 0 Å². The number of rotatable bonds is 2. The van der Waals surface area contributed by atoms with Gasteiger partial charge in [-0.3, -0.25) is 9.11 Å². The minimum atomic E-state index is -4.69. The van der Waals surface area contributed by atoms with Crippen LogP contribution in [0.15, 0.2) is 26.4 Å². The molecule has 1 aromatic rings. The first-order valence-corrected chi connectivity index (χ1v) is 7.38. The molecular weight excluding hydrogens is 420 g/mol. The molecule has 0 heterocycles. The number of hydrogen-bond acceptors (Lipinski definition) is 5. The zero-order valence-corrected chi connectivity index (χ0v) is 13.0. The highest BCUT2D eigenvalue weighted by Gasteiger charge is 2.29. The van der Waals surface area contributed by atoms with Crippen LogP contribution in [0.2, 0.25) is 0 Å². The summed E-state index contributed by atoms with van der Waals surface area (Å²) in [6, 6.07) is 1.27. The summed E-state index contributed by atoms with van der Waals surface area (Å²) in [7, 11) is -9.31. The molecule has 1 rings (SSSR count). The lowest BCUT2D eigenvalue weighted by atomic mass is 10.3. The lowest BCUT2D eigenvalue weighted by molar-refractivity contribution is -0.0000118. The molecule has 8 nitrogen and oxygen atoms in total. The molecule has 0 aliphatic rings. The molecule has 0 spiro atoms. The normalized spacial score (nSPS) is 11.4. The third kappa shape index (κ3) is 3.70. The molecule has 1 aromatic carbocycles. The zero-order chi connectivity index (χ0) is 13.4. The fourth-order valence-electron chi connectivity index (χ4n) is 1.01. The molecule has 100 valence electrons. The van der Waals surface area contributed by atoms with Gasteiger partial charge in [0, 0.05) is 4.47 Å². The average Bonchev–Trinajstić information content (AvgIpc) is 2.14. The van der Waals surface area contributed by atoms with Crippen molar-refractivity contribution in [3.63, 3.8) is 0 Å². The van der Waals surface area contributed by atoms with Crippen LogP contribution in [-0.4, -0.2) is 25.9 Å². The van der Waals surface area contributed by atoms with Gasteiger partial charge in [-0.05, 0) is 22.0 Å². The second kappa shape index (κ2) is 5.59. The maximum absolute atomic E-state index is 10.9. The summed E-state index contributed by atoms with van der Waals surface area (Å²) in [6.07, 6.45) is 0. The summed E-state index contributed by atoms with van der Waals surface area (Å²) in [5, 5.41) is 8.52. The van der Waals surface area contributed by atoms with E-state index < -0.39 is 35.7 Å². The van der Waals surface area contributed by atoms with Crippen molar-refractivity contribution in [2.75, 3.05) is 0 Å². The molecule has 0 atom stereocenters. The lowest BCUT2D eigenvalue weighted by Crippen LogP contribution is -3.00. The van der Waals surface area contributed by atoms with E-state index in [0.717, 1.165) is 0 Å². The van der Waals surface area contributed by atoms with E-state index in [0.29, 0.717) is 12.1 Å². The first kappa shape index (κ1) is 17.4. The fourth-order valence-corrected chi connectivity index (χ4v) is 3.31. The van der Waals surface area contributed by atoms with Crippen LogP contribution in [-0.2, 0) is 20.2 Å². The first-order valence-electron chi connectivity index (χ1n) is 3.71. The van der Waals surface area contributed by atoms with E-state index in [1.165, 1.54) is 0 Å². The summed E-state index contributed by atoms with van der Waals surface area (Å²) in [5.41, 5.74) is -0.719. The van der Waals surface area contributed by atoms with Gasteiger partial charge in [-0.15, -0.1) is 0 Å². The van der Waals surface area contributed by atoms with Crippen molar-refractivity contribution in [1.82, 2.24) is 0 Å². The van der Waals surface area contributed by atoms with Crippen LogP contribution in [0, 0.1) is 5.39 Å². The smallest absolute Gasteiger partial charge is 0.407 e. The quantitative estimate of drug-likeness (QED) is 0.433. The van der Waals surface area contributed by atoms with Gasteiger partial charge in [0.05, 0.1) is 6.07 Å². The van der Waals surface area contributed by atoms with E-state index >= 15 is 0 Å². The Balaban J connectivity index is 0.00000289. The number of nitrogens with zero attached hydrogens (tertiary/aromatic N) is 2. The number of halogens is 2. The largest absolute Gasteiger partial charge is 1.00 e. The molecule has 0 aliphatic carbocycles. The Kier molecular flexibility index (Phi) is 5.41. The van der Waals surface area contributed by atoms with Gasteiger partial charge in [0.2, 0.25) is 5.39 Å². The SMILES string of the molecule is N#[N+]c1cc(S(=O)(=O)O)c(Br)cc1S(=O)(=O)O.[Br-]. The molecule has 0 aliphatic heterocycles. The molecule has 18 heavy (non-hydrogen) atoms. The summed E-state index contributed by atoms with van der Waals surface area (Å²) in [4.78, 5) is 1.01. The second-order valence-corrected chi connectivity index (χ2v) is 6.43. The van der Waals surface area contributed by atoms with Crippen molar-refractivity contribution in [2.24, 2.45) is 0 Å². The number of benzene rings is 1. The van der Waals surface area contributed by atoms with Crippen molar-refractivity contribution in [3.05, 3.63) is 21.6 Å². The van der Waals surface area contributed by atoms with Gasteiger partial charge in [-0.1, -0.05) is 0 Å². The summed E-state index contributed by atoms with van der Waals surface area (Å²) in [5.74, 6) is 0. The highest BCUT2D eigenvalue weighted by molar-refractivity contribution is 9.10. The predicted molar refractivity (Wildman–Crippen MR) is 58.5 cm³/mol. The first-order chi connectivity index (χ1) is 7.57. The van der Waals surface area contributed by atoms with E-state index in [-0.39, 0.29) is 21.5 Å². The molecule has 0 bridgehead atoms. The van der Waals surface area contributed by atoms with Crippen LogP contribution in [0.4, 0.5) is 5.69 Å². The van der Waals surface area contributed by atoms with Crippen LogP contribution in [0.5, 0.6) is 0 Å². The molecule has 2 N–H and O–H groups in total. The van der Waals surface area contributed by atoms with E-state index in [9.17, 15) is 16.8 Å². The van der Waals surface area contributed by atoms with Gasteiger partial charge in [-0.2, -0.15) is 16.8 Å². The molecule has 0 amide bonds. The van der Waals surface area contributed by atoms with Crippen LogP contribution in [0.1, 0.15) is 0 Å². The van der Waals surface area contributed by atoms with E-state index in [1.807, 2.05) is 0 Å². The van der Waals surface area contributed by atoms with Gasteiger partial charge < -0.3 is 17.0 Å². The maximum atomic E-state index is 10.9. The van der Waals surface area contributed by atoms with Gasteiger partial charge >= 0.3 is 15.8 Å². The van der Waals surface area contributed by atoms with Crippen LogP contribution >= 0.6 is 15.9 Å². The minimum absolute atomic E-state index is 0. The Morgan fingerprint density at radius 3 is 1.83 bits per heavy atom. The van der Waals surface area contributed by atoms with Crippen molar-refractivity contribution in [2.45, 2.75) is 9.79 Å². The van der Waals surface area contributed by atoms with Gasteiger partial charge in [0.1, 0.15) is 4.90 Å². The Bertz CT molecular complexity index is 721. The van der Waals surface area contributed by atoms with Crippen molar-refractivity contribution in [1.29, 1.82) is 5.39 Å². The number of hydrogen-bond donors (Lipinski definition) is 2. The van der Waals surface area contributed by atoms with Crippen LogP contribution in [0.3, 0.4) is 0 Å². The Labute approximate surface area is 121 Å². The van der Waals surface area contributed by atoms with Gasteiger partial charge in [0.25, 0.3) is 10.1 Å². The zero-order valence-electron chi connectivity index (χ0n) is 8.15. The topological polar surface area (TPSA) is 137 Å². The molecule has 0 radical (unpaired) electrons. The minimum Gasteiger partial charge on any atom is -1.00 e. The van der Waals surface area contributed by atoms with Crippen molar-refractivity contribution in [3.8, 4) is 0 Å². The van der Waals surface area contributed by atoms with Crippen molar-refractivity contribution >= 4 is 41.9 Å². The van der Waals surface area contributed by atoms with Crippen LogP contribution in [0.25, 0.3) is 4.98 Å². The molecular formula is C6H4Br2N2O6S2. The Hall–Kier alpha value is -0.580. The highest BCUT2D eigenvalue weighted by Crippen LogP contribution is 2.33. The third-order valence-electron chi connectivity index (χ3n) is 1.68. The van der Waals surface area contributed by atoms with Gasteiger partial charge in [-0.25, -0.2) is 0 Å². The van der Waals surface area contributed by atoms with Crippen molar-refractivity contribution < 1.29 is 42.9 Å². The second-order valence-electron chi connectivity index (χ2n) is 2.80. The Morgan fingerprint density at radius 2 is 1.50 bits per heavy atom. The van der Waals surface area contributed by atoms with E-state index in [2.05, 4.69) is 20.9 Å². The Morgan fingerprint density at radius 1 is 1.06 bits per heavy atom. The third-order valence-corrected chi connectivity index (χ3v) is 4.37. The van der Waals surface area contributed by atoms with E-state index in [4.69, 9.17) is 14.5 Å². The predicted octanol–water partition coefficient (Wildman–Crippen LogP) is -1.57. The summed E-state index contributed by atoms with van der Waals surface area (Å²) >= 11 is 2.70. The standard InChI is InChI=1S/C6H3BrN2O6S2.BrH/c7-3-1-6(17(13,14)15)4(9-8)2-5(3)16(10,11)12;/h1-2H,(H-,10,11,12,13,14,15);1H. The van der Waals surface area contributed by atoms with Crippen LogP contribution < -0.4 is 17.0 Å². The highest BCUT2D eigenvalue weighted by atomic mass is 79.9. The lowest BCUT2D eigenvalue weighted by Gasteiger charge is -2.00. The molecule has 0 aromatic heterocycles. The molecule has 0 saturated carbocycles.